The number of thioether (sulfide) groups is 1. The van der Waals surface area contributed by atoms with Crippen molar-refractivity contribution in [3.8, 4) is 6.07 Å². The maximum atomic E-state index is 8.40. The third kappa shape index (κ3) is 4.40. The van der Waals surface area contributed by atoms with E-state index in [4.69, 9.17) is 5.26 Å². The topological polar surface area (TPSA) is 23.8 Å². The van der Waals surface area contributed by atoms with E-state index in [0.717, 1.165) is 18.6 Å². The van der Waals surface area contributed by atoms with Crippen molar-refractivity contribution >= 4 is 11.8 Å². The molecule has 0 heterocycles. The molecule has 0 amide bonds. The molecule has 1 nitrogen and oxygen atoms in total. The van der Waals surface area contributed by atoms with Gasteiger partial charge < -0.3 is 0 Å². The fraction of sp³-hybridized carbons (Fsp3) is 0.462. The van der Waals surface area contributed by atoms with E-state index in [1.807, 2.05) is 11.8 Å². The van der Waals surface area contributed by atoms with Gasteiger partial charge in [-0.05, 0) is 44.1 Å². The average molecular weight is 219 g/mol. The van der Waals surface area contributed by atoms with Crippen LogP contribution in [-0.4, -0.2) is 5.75 Å². The second-order valence-electron chi connectivity index (χ2n) is 3.73. The fourth-order valence-corrected chi connectivity index (χ4v) is 2.47. The quantitative estimate of drug-likeness (QED) is 0.550. The van der Waals surface area contributed by atoms with Gasteiger partial charge in [0.2, 0.25) is 0 Å². The molecule has 0 aromatic heterocycles. The van der Waals surface area contributed by atoms with Crippen molar-refractivity contribution in [3.63, 3.8) is 0 Å². The smallest absolute Gasteiger partial charge is 0.0621 e. The first-order valence-corrected chi connectivity index (χ1v) is 6.29. The van der Waals surface area contributed by atoms with Gasteiger partial charge in [-0.1, -0.05) is 17.7 Å². The van der Waals surface area contributed by atoms with E-state index in [1.54, 1.807) is 0 Å². The summed E-state index contributed by atoms with van der Waals surface area (Å²) in [6.07, 6.45) is 2.84. The van der Waals surface area contributed by atoms with Crippen LogP contribution in [0.4, 0.5) is 0 Å². The van der Waals surface area contributed by atoms with Crippen LogP contribution in [0.25, 0.3) is 0 Å². The molecule has 0 saturated heterocycles. The van der Waals surface area contributed by atoms with E-state index in [2.05, 4.69) is 38.1 Å². The molecule has 0 N–H and O–H groups in total. The molecule has 15 heavy (non-hydrogen) atoms. The summed E-state index contributed by atoms with van der Waals surface area (Å²) in [5.74, 6) is 1.12. The molecule has 0 bridgehead atoms. The van der Waals surface area contributed by atoms with Gasteiger partial charge in [-0.3, -0.25) is 0 Å². The van der Waals surface area contributed by atoms with Gasteiger partial charge >= 0.3 is 0 Å². The van der Waals surface area contributed by atoms with Gasteiger partial charge in [-0.2, -0.15) is 5.26 Å². The minimum Gasteiger partial charge on any atom is -0.198 e. The van der Waals surface area contributed by atoms with Crippen molar-refractivity contribution in [2.45, 2.75) is 38.0 Å². The Hall–Kier alpha value is -0.940. The van der Waals surface area contributed by atoms with Crippen molar-refractivity contribution in [1.82, 2.24) is 0 Å². The number of rotatable bonds is 5. The predicted molar refractivity (Wildman–Crippen MR) is 66.1 cm³/mol. The highest BCUT2D eigenvalue weighted by molar-refractivity contribution is 7.99. The van der Waals surface area contributed by atoms with Crippen molar-refractivity contribution in [2.24, 2.45) is 0 Å². The van der Waals surface area contributed by atoms with Crippen LogP contribution in [0.2, 0.25) is 0 Å². The zero-order valence-electron chi connectivity index (χ0n) is 9.42. The van der Waals surface area contributed by atoms with Crippen LogP contribution in [0.5, 0.6) is 0 Å². The van der Waals surface area contributed by atoms with Gasteiger partial charge in [-0.15, -0.1) is 11.8 Å². The highest BCUT2D eigenvalue weighted by Crippen LogP contribution is 2.24. The van der Waals surface area contributed by atoms with Crippen LogP contribution in [-0.2, 0) is 0 Å². The molecule has 0 fully saturated rings. The molecule has 1 rings (SSSR count). The number of nitrogens with zero attached hydrogens (tertiary/aromatic N) is 1. The molecule has 1 aromatic rings. The fourth-order valence-electron chi connectivity index (χ4n) is 1.45. The molecule has 0 spiro atoms. The highest BCUT2D eigenvalue weighted by atomic mass is 32.2. The summed E-state index contributed by atoms with van der Waals surface area (Å²) in [6, 6.07) is 8.75. The molecule has 0 unspecified atom stereocenters. The van der Waals surface area contributed by atoms with Crippen LogP contribution in [0.3, 0.4) is 0 Å². The minimum absolute atomic E-state index is 0.688. The molecule has 0 saturated carbocycles. The zero-order valence-corrected chi connectivity index (χ0v) is 10.2. The largest absolute Gasteiger partial charge is 0.198 e. The number of hydrogen-bond acceptors (Lipinski definition) is 2. The lowest BCUT2D eigenvalue weighted by Gasteiger charge is -2.05. The molecule has 2 heteroatoms. The number of hydrogen-bond donors (Lipinski definition) is 0. The molecule has 0 aliphatic rings. The Bertz CT molecular complexity index is 352. The average Bonchev–Trinajstić information content (AvgIpc) is 2.20. The number of aryl methyl sites for hydroxylation is 2. The standard InChI is InChI=1S/C13H17NS/c1-11-6-7-13(12(2)10-11)15-9-5-3-4-8-14/h6-7,10H,3-5,9H2,1-2H3. The Labute approximate surface area is 96.5 Å². The Morgan fingerprint density at radius 3 is 2.73 bits per heavy atom. The first-order valence-electron chi connectivity index (χ1n) is 5.31. The van der Waals surface area contributed by atoms with Crippen molar-refractivity contribution in [3.05, 3.63) is 29.3 Å². The number of nitriles is 1. The van der Waals surface area contributed by atoms with E-state index in [9.17, 15) is 0 Å². The minimum atomic E-state index is 0.688. The molecule has 0 aliphatic carbocycles. The Balaban J connectivity index is 2.35. The van der Waals surface area contributed by atoms with E-state index in [0.29, 0.717) is 6.42 Å². The molecule has 0 atom stereocenters. The summed E-state index contributed by atoms with van der Waals surface area (Å²) in [5.41, 5.74) is 2.68. The summed E-state index contributed by atoms with van der Waals surface area (Å²) in [5, 5.41) is 8.40. The summed E-state index contributed by atoms with van der Waals surface area (Å²) in [6.45, 7) is 4.28. The second-order valence-corrected chi connectivity index (χ2v) is 4.87. The van der Waals surface area contributed by atoms with Gasteiger partial charge in [-0.25, -0.2) is 0 Å². The lowest BCUT2D eigenvalue weighted by atomic mass is 10.2. The molecule has 0 aliphatic heterocycles. The van der Waals surface area contributed by atoms with Crippen LogP contribution in [0.15, 0.2) is 23.1 Å². The van der Waals surface area contributed by atoms with Crippen molar-refractivity contribution in [2.75, 3.05) is 5.75 Å². The first kappa shape index (κ1) is 12.1. The normalized spacial score (nSPS) is 9.93. The Morgan fingerprint density at radius 1 is 1.27 bits per heavy atom. The molecular formula is C13H17NS. The molecule has 1 aromatic carbocycles. The van der Waals surface area contributed by atoms with Crippen LogP contribution in [0.1, 0.15) is 30.4 Å². The van der Waals surface area contributed by atoms with Crippen LogP contribution in [0, 0.1) is 25.2 Å². The van der Waals surface area contributed by atoms with Gasteiger partial charge in [0.15, 0.2) is 0 Å². The van der Waals surface area contributed by atoms with Gasteiger partial charge in [0, 0.05) is 11.3 Å². The molecule has 0 radical (unpaired) electrons. The first-order chi connectivity index (χ1) is 7.24. The van der Waals surface area contributed by atoms with Crippen molar-refractivity contribution in [1.29, 1.82) is 5.26 Å². The predicted octanol–water partition coefficient (Wildman–Crippen LogP) is 4.09. The number of benzene rings is 1. The Kier molecular flexibility index (Phi) is 5.28. The zero-order chi connectivity index (χ0) is 11.1. The maximum absolute atomic E-state index is 8.40. The highest BCUT2D eigenvalue weighted by Gasteiger charge is 1.98. The van der Waals surface area contributed by atoms with Crippen LogP contribution < -0.4 is 0 Å². The summed E-state index contributed by atoms with van der Waals surface area (Å²) >= 11 is 1.90. The summed E-state index contributed by atoms with van der Waals surface area (Å²) in [4.78, 5) is 1.37. The van der Waals surface area contributed by atoms with E-state index >= 15 is 0 Å². The molecule has 80 valence electrons. The van der Waals surface area contributed by atoms with E-state index in [-0.39, 0.29) is 0 Å². The Morgan fingerprint density at radius 2 is 2.07 bits per heavy atom. The van der Waals surface area contributed by atoms with Gasteiger partial charge in [0.05, 0.1) is 6.07 Å². The van der Waals surface area contributed by atoms with Gasteiger partial charge in [0.1, 0.15) is 0 Å². The maximum Gasteiger partial charge on any atom is 0.0621 e. The third-order valence-electron chi connectivity index (χ3n) is 2.27. The van der Waals surface area contributed by atoms with Gasteiger partial charge in [0.25, 0.3) is 0 Å². The third-order valence-corrected chi connectivity index (χ3v) is 3.53. The monoisotopic (exact) mass is 219 g/mol. The van der Waals surface area contributed by atoms with Crippen LogP contribution >= 0.6 is 11.8 Å². The van der Waals surface area contributed by atoms with E-state index in [1.165, 1.54) is 16.0 Å². The molecular weight excluding hydrogens is 202 g/mol. The summed E-state index contributed by atoms with van der Waals surface area (Å²) in [7, 11) is 0. The number of unbranched alkanes of at least 4 members (excludes halogenated alkanes) is 2. The summed E-state index contributed by atoms with van der Waals surface area (Å²) < 4.78 is 0. The second kappa shape index (κ2) is 6.53. The SMILES string of the molecule is Cc1ccc(SCCCCC#N)c(C)c1. The lowest BCUT2D eigenvalue weighted by molar-refractivity contribution is 0.830. The lowest BCUT2D eigenvalue weighted by Crippen LogP contribution is -1.84. The van der Waals surface area contributed by atoms with Crippen molar-refractivity contribution < 1.29 is 0 Å². The van der Waals surface area contributed by atoms with E-state index < -0.39 is 0 Å².